The lowest BCUT2D eigenvalue weighted by Gasteiger charge is -2.17. The van der Waals surface area contributed by atoms with Crippen molar-refractivity contribution in [3.63, 3.8) is 0 Å². The van der Waals surface area contributed by atoms with Crippen LogP contribution in [-0.2, 0) is 33.2 Å². The van der Waals surface area contributed by atoms with Gasteiger partial charge in [-0.3, -0.25) is 4.57 Å². The molecule has 0 aromatic rings. The molecule has 110 valence electrons. The molecule has 7 nitrogen and oxygen atoms in total. The van der Waals surface area contributed by atoms with Crippen LogP contribution in [0.5, 0.6) is 0 Å². The van der Waals surface area contributed by atoms with Crippen LogP contribution in [0.3, 0.4) is 0 Å². The molecule has 0 aliphatic carbocycles. The summed E-state index contributed by atoms with van der Waals surface area (Å²) in [5, 5.41) is -3.11. The van der Waals surface area contributed by atoms with Crippen LogP contribution in [0, 0.1) is 0 Å². The summed E-state index contributed by atoms with van der Waals surface area (Å²) in [7, 11) is -14.6. The Morgan fingerprint density at radius 3 is 1.94 bits per heavy atom. The molecule has 0 saturated heterocycles. The first-order chi connectivity index (χ1) is 7.83. The number of sulfone groups is 1. The Bertz CT molecular complexity index is 508. The molecule has 0 N–H and O–H groups in total. The van der Waals surface area contributed by atoms with Crippen molar-refractivity contribution in [2.45, 2.75) is 17.6 Å². The van der Waals surface area contributed by atoms with Crippen LogP contribution in [-0.4, -0.2) is 40.4 Å². The molecule has 0 aromatic heterocycles. The third-order valence-electron chi connectivity index (χ3n) is 1.35. The maximum Gasteiger partial charge on any atom is 0.500 e. The van der Waals surface area contributed by atoms with Gasteiger partial charge in [0.2, 0.25) is 8.03 Å². The highest BCUT2D eigenvalue weighted by molar-refractivity contribution is 7.98. The molecule has 0 bridgehead atoms. The van der Waals surface area contributed by atoms with E-state index in [1.54, 1.807) is 0 Å². The van der Waals surface area contributed by atoms with Gasteiger partial charge in [0, 0.05) is 0 Å². The van der Waals surface area contributed by atoms with E-state index in [9.17, 15) is 34.6 Å². The molecule has 0 rings (SSSR count). The first-order valence-electron chi connectivity index (χ1n) is 4.18. The van der Waals surface area contributed by atoms with Crippen molar-refractivity contribution in [3.8, 4) is 0 Å². The predicted molar refractivity (Wildman–Crippen MR) is 55.3 cm³/mol. The minimum absolute atomic E-state index is 0.326. The molecule has 18 heavy (non-hydrogen) atoms. The summed E-state index contributed by atoms with van der Waals surface area (Å²) in [6.07, 6.45) is 0.326. The zero-order valence-corrected chi connectivity index (χ0v) is 11.7. The molecule has 13 heteroatoms. The van der Waals surface area contributed by atoms with Crippen LogP contribution in [0.25, 0.3) is 0 Å². The van der Waals surface area contributed by atoms with E-state index in [1.807, 2.05) is 0 Å². The van der Waals surface area contributed by atoms with E-state index >= 15 is 0 Å². The molecule has 0 heterocycles. The Hall–Kier alpha value is -0.160. The van der Waals surface area contributed by atoms with Gasteiger partial charge in [0.25, 0.3) is 25.1 Å². The first kappa shape index (κ1) is 17.8. The fourth-order valence-corrected chi connectivity index (χ4v) is 4.99. The Labute approximate surface area is 102 Å². The van der Waals surface area contributed by atoms with Crippen LogP contribution < -0.4 is 0 Å². The largest absolute Gasteiger partial charge is 0.500 e. The zero-order valence-electron chi connectivity index (χ0n) is 9.09. The van der Waals surface area contributed by atoms with E-state index in [4.69, 9.17) is 0 Å². The lowest BCUT2D eigenvalue weighted by molar-refractivity contribution is -0.0456. The van der Waals surface area contributed by atoms with Crippen molar-refractivity contribution >= 4 is 28.0 Å². The van der Waals surface area contributed by atoms with Crippen molar-refractivity contribution in [1.29, 1.82) is 0 Å². The van der Waals surface area contributed by atoms with Gasteiger partial charge in [0.15, 0.2) is 0 Å². The summed E-state index contributed by atoms with van der Waals surface area (Å²) >= 11 is 0. The van der Waals surface area contributed by atoms with Gasteiger partial charge in [-0.25, -0.2) is 12.6 Å². The van der Waals surface area contributed by atoms with Gasteiger partial charge in [0.05, 0.1) is 12.9 Å². The van der Waals surface area contributed by atoms with Gasteiger partial charge in [-0.1, -0.05) is 0 Å². The van der Waals surface area contributed by atoms with Crippen LogP contribution in [0.15, 0.2) is 0 Å². The number of halogens is 3. The summed E-state index contributed by atoms with van der Waals surface area (Å²) < 4.78 is 99.1. The second kappa shape index (κ2) is 5.87. The Morgan fingerprint density at radius 2 is 1.67 bits per heavy atom. The van der Waals surface area contributed by atoms with E-state index in [-0.39, 0.29) is 6.61 Å². The fourth-order valence-electron chi connectivity index (χ4n) is 0.708. The molecule has 0 aliphatic rings. The number of hydrogen-bond acceptors (Lipinski definition) is 7. The van der Waals surface area contributed by atoms with Crippen molar-refractivity contribution in [1.82, 2.24) is 0 Å². The molecule has 0 aromatic carbocycles. The van der Waals surface area contributed by atoms with E-state index in [2.05, 4.69) is 8.71 Å². The summed E-state index contributed by atoms with van der Waals surface area (Å²) in [6.45, 7) is 0.870. The van der Waals surface area contributed by atoms with E-state index < -0.39 is 38.7 Å². The molecule has 0 saturated carbocycles. The van der Waals surface area contributed by atoms with Crippen LogP contribution in [0.4, 0.5) is 13.2 Å². The lowest BCUT2D eigenvalue weighted by atomic mass is 10.9. The molecule has 0 fully saturated rings. The van der Waals surface area contributed by atoms with E-state index in [1.165, 1.54) is 6.92 Å². The topological polar surface area (TPSA) is 104 Å². The normalized spacial score (nSPS) is 17.4. The lowest BCUT2D eigenvalue weighted by Crippen LogP contribution is -2.35. The summed E-state index contributed by atoms with van der Waals surface area (Å²) in [5.41, 5.74) is -5.81. The second-order valence-electron chi connectivity index (χ2n) is 2.88. The third kappa shape index (κ3) is 4.84. The molecular formula is C5H10F3O7PS2. The highest BCUT2D eigenvalue weighted by Crippen LogP contribution is 2.41. The molecular weight excluding hydrogens is 324 g/mol. The number of hydrogen-bond donors (Lipinski definition) is 0. The number of rotatable bonds is 6. The maximum atomic E-state index is 12.2. The molecule has 0 radical (unpaired) electrons. The van der Waals surface area contributed by atoms with Crippen LogP contribution in [0.2, 0.25) is 0 Å². The van der Waals surface area contributed by atoms with Gasteiger partial charge < -0.3 is 4.52 Å². The predicted octanol–water partition coefficient (Wildman–Crippen LogP) is 0.692. The highest BCUT2D eigenvalue weighted by Gasteiger charge is 2.55. The van der Waals surface area contributed by atoms with Crippen molar-refractivity contribution in [2.24, 2.45) is 0 Å². The zero-order chi connectivity index (χ0) is 14.8. The van der Waals surface area contributed by atoms with Gasteiger partial charge in [-0.05, 0) is 6.92 Å². The van der Waals surface area contributed by atoms with Crippen LogP contribution >= 0.6 is 8.03 Å². The van der Waals surface area contributed by atoms with E-state index in [0.29, 0.717) is 6.26 Å². The molecule has 0 aliphatic heterocycles. The Morgan fingerprint density at radius 1 is 1.22 bits per heavy atom. The van der Waals surface area contributed by atoms with Crippen LogP contribution in [0.1, 0.15) is 6.92 Å². The Balaban J connectivity index is 5.57. The minimum atomic E-state index is -6.09. The third-order valence-corrected chi connectivity index (χ3v) is 6.07. The van der Waals surface area contributed by atoms with Crippen molar-refractivity contribution < 1.29 is 43.3 Å². The quantitative estimate of drug-likeness (QED) is 0.520. The molecule has 2 unspecified atom stereocenters. The maximum absolute atomic E-state index is 12.2. The standard InChI is InChI=1S/C5H10F3O7PS2/c1-3-14-16(9)4(15-17(2,10)11)18(12,13)5(6,7)8/h4,16H,3H2,1-2H3. The van der Waals surface area contributed by atoms with Crippen molar-refractivity contribution in [2.75, 3.05) is 12.9 Å². The van der Waals surface area contributed by atoms with Gasteiger partial charge in [0.1, 0.15) is 0 Å². The smallest absolute Gasteiger partial charge is 0.328 e. The molecule has 2 atom stereocenters. The van der Waals surface area contributed by atoms with Crippen molar-refractivity contribution in [3.05, 3.63) is 0 Å². The fraction of sp³-hybridized carbons (Fsp3) is 1.00. The van der Waals surface area contributed by atoms with E-state index in [0.717, 1.165) is 0 Å². The monoisotopic (exact) mass is 334 g/mol. The Kier molecular flexibility index (Phi) is 5.81. The summed E-state index contributed by atoms with van der Waals surface area (Å²) in [6, 6.07) is 0. The minimum Gasteiger partial charge on any atom is -0.328 e. The van der Waals surface area contributed by atoms with Gasteiger partial charge in [-0.2, -0.15) is 21.6 Å². The number of alkyl halides is 3. The highest BCUT2D eigenvalue weighted by atomic mass is 32.2. The van der Waals surface area contributed by atoms with Gasteiger partial charge >= 0.3 is 5.51 Å². The summed E-state index contributed by atoms with van der Waals surface area (Å²) in [5.74, 6) is 0. The SMILES string of the molecule is CCO[PH](=O)C(OS(C)(=O)=O)S(=O)(=O)C(F)(F)F. The average molecular weight is 334 g/mol. The molecule has 0 spiro atoms. The second-order valence-corrected chi connectivity index (χ2v) is 8.33. The average Bonchev–Trinajstić information content (AvgIpc) is 2.11. The molecule has 0 amide bonds. The summed E-state index contributed by atoms with van der Waals surface area (Å²) in [4.78, 5) is 0. The van der Waals surface area contributed by atoms with Gasteiger partial charge in [-0.15, -0.1) is 0 Å². The first-order valence-corrected chi connectivity index (χ1v) is 8.93.